The van der Waals surface area contributed by atoms with Crippen molar-refractivity contribution < 1.29 is 18.8 Å². The van der Waals surface area contributed by atoms with Crippen LogP contribution >= 0.6 is 0 Å². The third kappa shape index (κ3) is 3.28. The molecule has 1 aliphatic rings. The van der Waals surface area contributed by atoms with Crippen LogP contribution in [0.5, 0.6) is 0 Å². The lowest BCUT2D eigenvalue weighted by Gasteiger charge is -2.32. The van der Waals surface area contributed by atoms with Crippen molar-refractivity contribution in [2.75, 3.05) is 0 Å². The van der Waals surface area contributed by atoms with Crippen molar-refractivity contribution in [3.05, 3.63) is 18.2 Å². The smallest absolute Gasteiger partial charge is 0.442 e. The van der Waals surface area contributed by atoms with Gasteiger partial charge in [0.25, 0.3) is 0 Å². The SMILES string of the molecule is CC(C)(C)OC(=O)n1nnc2ccc(B3OC(C)(C)C(C)(C)O3)cc21. The molecule has 2 aromatic rings. The van der Waals surface area contributed by atoms with Gasteiger partial charge < -0.3 is 14.0 Å². The summed E-state index contributed by atoms with van der Waals surface area (Å²) in [6.45, 7) is 13.4. The maximum Gasteiger partial charge on any atom is 0.494 e. The lowest BCUT2D eigenvalue weighted by Crippen LogP contribution is -2.41. The lowest BCUT2D eigenvalue weighted by molar-refractivity contribution is 0.00578. The van der Waals surface area contributed by atoms with Crippen molar-refractivity contribution >= 4 is 29.7 Å². The maximum absolute atomic E-state index is 12.3. The topological polar surface area (TPSA) is 75.5 Å². The molecular formula is C17H24BN3O4. The number of carbonyl (C=O) groups excluding carboxylic acids is 1. The lowest BCUT2D eigenvalue weighted by atomic mass is 9.79. The van der Waals surface area contributed by atoms with E-state index in [1.54, 1.807) is 32.9 Å². The Morgan fingerprint density at radius 2 is 1.76 bits per heavy atom. The molecule has 0 aliphatic carbocycles. The first-order valence-electron chi connectivity index (χ1n) is 8.34. The van der Waals surface area contributed by atoms with Crippen LogP contribution in [0.25, 0.3) is 11.0 Å². The van der Waals surface area contributed by atoms with E-state index in [9.17, 15) is 4.79 Å². The zero-order valence-corrected chi connectivity index (χ0v) is 15.8. The quantitative estimate of drug-likeness (QED) is 0.740. The average Bonchev–Trinajstić information content (AvgIpc) is 2.95. The number of hydrogen-bond donors (Lipinski definition) is 0. The predicted molar refractivity (Wildman–Crippen MR) is 94.9 cm³/mol. The molecule has 0 atom stereocenters. The van der Waals surface area contributed by atoms with Gasteiger partial charge >= 0.3 is 13.2 Å². The zero-order valence-electron chi connectivity index (χ0n) is 15.8. The maximum atomic E-state index is 12.3. The van der Waals surface area contributed by atoms with Crippen LogP contribution in [-0.4, -0.2) is 45.0 Å². The molecule has 0 N–H and O–H groups in total. The highest BCUT2D eigenvalue weighted by molar-refractivity contribution is 6.62. The van der Waals surface area contributed by atoms with Gasteiger partial charge in [0.15, 0.2) is 0 Å². The fraction of sp³-hybridized carbons (Fsp3) is 0.588. The van der Waals surface area contributed by atoms with Crippen LogP contribution in [0, 0.1) is 0 Å². The van der Waals surface area contributed by atoms with Gasteiger partial charge in [0.1, 0.15) is 16.6 Å². The van der Waals surface area contributed by atoms with Crippen LogP contribution in [0.15, 0.2) is 18.2 Å². The molecule has 1 fully saturated rings. The zero-order chi connectivity index (χ0) is 18.6. The van der Waals surface area contributed by atoms with Crippen molar-refractivity contribution in [1.82, 2.24) is 15.0 Å². The van der Waals surface area contributed by atoms with Gasteiger partial charge in [-0.25, -0.2) is 4.79 Å². The van der Waals surface area contributed by atoms with E-state index < -0.39 is 30.0 Å². The summed E-state index contributed by atoms with van der Waals surface area (Å²) in [5, 5.41) is 7.94. The Kier molecular flexibility index (Phi) is 3.96. The third-order valence-corrected chi connectivity index (χ3v) is 4.56. The van der Waals surface area contributed by atoms with E-state index in [-0.39, 0.29) is 0 Å². The molecule has 1 aromatic carbocycles. The highest BCUT2D eigenvalue weighted by atomic mass is 16.7. The molecule has 134 valence electrons. The van der Waals surface area contributed by atoms with Crippen molar-refractivity contribution in [1.29, 1.82) is 0 Å². The molecule has 0 unspecified atom stereocenters. The molecule has 8 heteroatoms. The average molecular weight is 345 g/mol. The van der Waals surface area contributed by atoms with E-state index in [4.69, 9.17) is 14.0 Å². The summed E-state index contributed by atoms with van der Waals surface area (Å²) in [5.74, 6) is 0. The molecule has 0 spiro atoms. The van der Waals surface area contributed by atoms with E-state index in [1.807, 2.05) is 33.8 Å². The first kappa shape index (κ1) is 17.9. The van der Waals surface area contributed by atoms with E-state index in [2.05, 4.69) is 10.3 Å². The predicted octanol–water partition coefficient (Wildman–Crippen LogP) is 2.51. The minimum absolute atomic E-state index is 0.434. The molecule has 3 rings (SSSR count). The largest absolute Gasteiger partial charge is 0.494 e. The van der Waals surface area contributed by atoms with Gasteiger partial charge in [-0.05, 0) is 66.1 Å². The van der Waals surface area contributed by atoms with Gasteiger partial charge in [0, 0.05) is 0 Å². The van der Waals surface area contributed by atoms with Crippen LogP contribution in [0.1, 0.15) is 48.5 Å². The van der Waals surface area contributed by atoms with E-state index in [1.165, 1.54) is 0 Å². The molecule has 1 aromatic heterocycles. The number of aromatic nitrogens is 3. The second-order valence-corrected chi connectivity index (χ2v) is 8.32. The number of benzene rings is 1. The Bertz CT molecular complexity index is 807. The summed E-state index contributed by atoms with van der Waals surface area (Å²) in [6.07, 6.45) is -0.568. The van der Waals surface area contributed by atoms with Crippen LogP contribution < -0.4 is 5.46 Å². The molecule has 2 heterocycles. The Morgan fingerprint density at radius 1 is 1.16 bits per heavy atom. The summed E-state index contributed by atoms with van der Waals surface area (Å²) in [6, 6.07) is 5.48. The fourth-order valence-corrected chi connectivity index (χ4v) is 2.50. The van der Waals surface area contributed by atoms with Crippen LogP contribution in [-0.2, 0) is 14.0 Å². The van der Waals surface area contributed by atoms with Gasteiger partial charge in [0.2, 0.25) is 0 Å². The van der Waals surface area contributed by atoms with Crippen molar-refractivity contribution in [2.24, 2.45) is 0 Å². The van der Waals surface area contributed by atoms with Gasteiger partial charge in [0.05, 0.1) is 11.2 Å². The van der Waals surface area contributed by atoms with Crippen LogP contribution in [0.4, 0.5) is 4.79 Å². The molecule has 0 amide bonds. The van der Waals surface area contributed by atoms with E-state index in [0.29, 0.717) is 11.0 Å². The molecular weight excluding hydrogens is 321 g/mol. The summed E-state index contributed by atoms with van der Waals surface area (Å²) >= 11 is 0. The monoisotopic (exact) mass is 345 g/mol. The molecule has 1 saturated heterocycles. The number of ether oxygens (including phenoxy) is 1. The number of rotatable bonds is 1. The summed E-state index contributed by atoms with van der Waals surface area (Å²) in [4.78, 5) is 12.3. The Hall–Kier alpha value is -1.93. The molecule has 0 saturated carbocycles. The van der Waals surface area contributed by atoms with Gasteiger partial charge in [-0.3, -0.25) is 0 Å². The molecule has 25 heavy (non-hydrogen) atoms. The highest BCUT2D eigenvalue weighted by Gasteiger charge is 2.51. The van der Waals surface area contributed by atoms with Crippen LogP contribution in [0.2, 0.25) is 0 Å². The minimum atomic E-state index is -0.612. The number of fused-ring (bicyclic) bond motifs is 1. The van der Waals surface area contributed by atoms with Crippen LogP contribution in [0.3, 0.4) is 0 Å². The Morgan fingerprint density at radius 3 is 2.32 bits per heavy atom. The summed E-state index contributed by atoms with van der Waals surface area (Å²) in [5.41, 5.74) is 0.483. The van der Waals surface area contributed by atoms with Gasteiger partial charge in [-0.2, -0.15) is 0 Å². The first-order chi connectivity index (χ1) is 11.4. The van der Waals surface area contributed by atoms with E-state index in [0.717, 1.165) is 10.1 Å². The summed E-state index contributed by atoms with van der Waals surface area (Å²) < 4.78 is 18.7. The van der Waals surface area contributed by atoms with Gasteiger partial charge in [-0.15, -0.1) is 9.78 Å². The Balaban J connectivity index is 1.95. The normalized spacial score (nSPS) is 19.4. The van der Waals surface area contributed by atoms with Crippen molar-refractivity contribution in [3.63, 3.8) is 0 Å². The highest BCUT2D eigenvalue weighted by Crippen LogP contribution is 2.36. The minimum Gasteiger partial charge on any atom is -0.442 e. The molecule has 0 radical (unpaired) electrons. The second-order valence-electron chi connectivity index (χ2n) is 8.32. The number of carbonyl (C=O) groups is 1. The van der Waals surface area contributed by atoms with Gasteiger partial charge in [-0.1, -0.05) is 11.3 Å². The Labute approximate surface area is 147 Å². The van der Waals surface area contributed by atoms with E-state index >= 15 is 0 Å². The van der Waals surface area contributed by atoms with Crippen molar-refractivity contribution in [3.8, 4) is 0 Å². The second kappa shape index (κ2) is 5.54. The summed E-state index contributed by atoms with van der Waals surface area (Å²) in [7, 11) is -0.517. The standard InChI is InChI=1S/C17H24BN3O4/c1-15(2,3)23-14(22)21-13-10-11(8-9-12(13)19-20-21)18-24-16(4,5)17(6,7)25-18/h8-10H,1-7H3. The first-order valence-corrected chi connectivity index (χ1v) is 8.34. The number of nitrogens with zero attached hydrogens (tertiary/aromatic N) is 3. The molecule has 7 nitrogen and oxygen atoms in total. The molecule has 0 bridgehead atoms. The van der Waals surface area contributed by atoms with Crippen molar-refractivity contribution in [2.45, 2.75) is 65.3 Å². The molecule has 1 aliphatic heterocycles. The third-order valence-electron chi connectivity index (χ3n) is 4.56. The fourth-order valence-electron chi connectivity index (χ4n) is 2.50. The number of hydrogen-bond acceptors (Lipinski definition) is 6.